The first-order chi connectivity index (χ1) is 14.3. The molecule has 30 heavy (non-hydrogen) atoms. The van der Waals surface area contributed by atoms with Gasteiger partial charge in [0.15, 0.2) is 9.84 Å². The molecule has 0 spiro atoms. The number of hydrogen-bond donors (Lipinski definition) is 3. The molecule has 0 unspecified atom stereocenters. The number of hydrazine groups is 1. The molecule has 3 N–H and O–H groups in total. The maximum atomic E-state index is 12.5. The summed E-state index contributed by atoms with van der Waals surface area (Å²) in [5.41, 5.74) is 4.88. The van der Waals surface area contributed by atoms with E-state index in [4.69, 9.17) is 11.6 Å². The number of amides is 2. The third kappa shape index (κ3) is 5.16. The van der Waals surface area contributed by atoms with Crippen molar-refractivity contribution >= 4 is 33.3 Å². The molecule has 0 aliphatic heterocycles. The Labute approximate surface area is 178 Å². The second kappa shape index (κ2) is 8.98. The van der Waals surface area contributed by atoms with Crippen LogP contribution in [0.1, 0.15) is 26.3 Å². The highest BCUT2D eigenvalue weighted by atomic mass is 35.5. The zero-order valence-electron chi connectivity index (χ0n) is 15.5. The number of phenolic OH excluding ortho intramolecular Hbond substituents is 1. The number of carbonyl (C=O) groups is 2. The number of halogens is 1. The maximum absolute atomic E-state index is 12.5. The highest BCUT2D eigenvalue weighted by Gasteiger charge is 2.17. The van der Waals surface area contributed by atoms with Crippen LogP contribution in [-0.4, -0.2) is 25.3 Å². The Morgan fingerprint density at radius 2 is 1.57 bits per heavy atom. The van der Waals surface area contributed by atoms with Crippen LogP contribution < -0.4 is 10.9 Å². The van der Waals surface area contributed by atoms with Crippen LogP contribution in [0.3, 0.4) is 0 Å². The topological polar surface area (TPSA) is 113 Å². The predicted octanol–water partition coefficient (Wildman–Crippen LogP) is 3.09. The first kappa shape index (κ1) is 21.4. The van der Waals surface area contributed by atoms with Crippen LogP contribution >= 0.6 is 11.6 Å². The Morgan fingerprint density at radius 3 is 2.30 bits per heavy atom. The number of aromatic hydroxyl groups is 1. The highest BCUT2D eigenvalue weighted by molar-refractivity contribution is 7.90. The monoisotopic (exact) mass is 444 g/mol. The fourth-order valence-electron chi connectivity index (χ4n) is 2.68. The number of carbonyl (C=O) groups excluding carboxylic acids is 2. The molecule has 0 aliphatic rings. The number of rotatable bonds is 5. The average Bonchev–Trinajstić information content (AvgIpc) is 2.74. The molecule has 3 aromatic rings. The second-order valence-electron chi connectivity index (χ2n) is 6.34. The van der Waals surface area contributed by atoms with Crippen LogP contribution in [0, 0.1) is 0 Å². The summed E-state index contributed by atoms with van der Waals surface area (Å²) < 4.78 is 25.0. The van der Waals surface area contributed by atoms with Crippen molar-refractivity contribution in [2.45, 2.75) is 10.6 Å². The van der Waals surface area contributed by atoms with Crippen LogP contribution in [-0.2, 0) is 15.6 Å². The predicted molar refractivity (Wildman–Crippen MR) is 112 cm³/mol. The van der Waals surface area contributed by atoms with E-state index in [0.717, 1.165) is 0 Å². The van der Waals surface area contributed by atoms with Crippen molar-refractivity contribution < 1.29 is 23.1 Å². The Kier molecular flexibility index (Phi) is 6.39. The van der Waals surface area contributed by atoms with Gasteiger partial charge >= 0.3 is 0 Å². The van der Waals surface area contributed by atoms with Crippen molar-refractivity contribution in [1.82, 2.24) is 10.9 Å². The molecule has 9 heteroatoms. The summed E-state index contributed by atoms with van der Waals surface area (Å²) in [6.45, 7) is 0. The number of benzene rings is 3. The first-order valence-corrected chi connectivity index (χ1v) is 10.8. The summed E-state index contributed by atoms with van der Waals surface area (Å²) in [5, 5.41) is 9.98. The summed E-state index contributed by atoms with van der Waals surface area (Å²) in [5.74, 6) is -1.98. The van der Waals surface area contributed by atoms with Gasteiger partial charge in [0.05, 0.1) is 16.2 Å². The molecule has 0 saturated heterocycles. The molecule has 3 rings (SSSR count). The first-order valence-electron chi connectivity index (χ1n) is 8.72. The zero-order valence-corrected chi connectivity index (χ0v) is 17.1. The van der Waals surface area contributed by atoms with Crippen LogP contribution in [0.4, 0.5) is 0 Å². The largest absolute Gasteiger partial charge is 0.507 e. The minimum absolute atomic E-state index is 0.106. The van der Waals surface area contributed by atoms with Crippen molar-refractivity contribution in [3.8, 4) is 5.75 Å². The molecule has 154 valence electrons. The van der Waals surface area contributed by atoms with Crippen LogP contribution in [0.25, 0.3) is 0 Å². The molecule has 3 aromatic carbocycles. The van der Waals surface area contributed by atoms with E-state index in [9.17, 15) is 23.1 Å². The number of phenols is 1. The van der Waals surface area contributed by atoms with E-state index in [0.29, 0.717) is 5.56 Å². The van der Waals surface area contributed by atoms with Gasteiger partial charge in [0.1, 0.15) is 5.75 Å². The van der Waals surface area contributed by atoms with E-state index in [1.165, 1.54) is 42.5 Å². The molecular weight excluding hydrogens is 428 g/mol. The van der Waals surface area contributed by atoms with E-state index < -0.39 is 21.7 Å². The molecule has 0 radical (unpaired) electrons. The molecule has 0 atom stereocenters. The van der Waals surface area contributed by atoms with Gasteiger partial charge in [-0.05, 0) is 48.0 Å². The summed E-state index contributed by atoms with van der Waals surface area (Å²) in [6, 6.07) is 18.0. The second-order valence-corrected chi connectivity index (χ2v) is 8.77. The van der Waals surface area contributed by atoms with Gasteiger partial charge in [-0.15, -0.1) is 0 Å². The lowest BCUT2D eigenvalue weighted by molar-refractivity contribution is 0.0845. The van der Waals surface area contributed by atoms with Gasteiger partial charge < -0.3 is 5.11 Å². The van der Waals surface area contributed by atoms with Crippen LogP contribution in [0.2, 0.25) is 5.02 Å². The average molecular weight is 445 g/mol. The number of sulfone groups is 1. The van der Waals surface area contributed by atoms with E-state index >= 15 is 0 Å². The van der Waals surface area contributed by atoms with Crippen molar-refractivity contribution in [3.63, 3.8) is 0 Å². The summed E-state index contributed by atoms with van der Waals surface area (Å²) in [6.07, 6.45) is 0. The van der Waals surface area contributed by atoms with E-state index in [-0.39, 0.29) is 32.5 Å². The summed E-state index contributed by atoms with van der Waals surface area (Å²) in [4.78, 5) is 24.7. The van der Waals surface area contributed by atoms with Crippen molar-refractivity contribution in [2.75, 3.05) is 0 Å². The van der Waals surface area contributed by atoms with Gasteiger partial charge in [0.2, 0.25) is 0 Å². The normalized spacial score (nSPS) is 11.0. The smallest absolute Gasteiger partial charge is 0.273 e. The standard InChI is InChI=1S/C21H17ClN2O5S/c22-16-9-10-19(25)18(12-16)21(27)24-23-20(26)15-6-4-5-14(11-15)13-30(28,29)17-7-2-1-3-8-17/h1-12,25H,13H2,(H,23,26)(H,24,27). The number of hydrogen-bond acceptors (Lipinski definition) is 5. The highest BCUT2D eigenvalue weighted by Crippen LogP contribution is 2.21. The maximum Gasteiger partial charge on any atom is 0.273 e. The lowest BCUT2D eigenvalue weighted by Crippen LogP contribution is -2.41. The molecule has 0 bridgehead atoms. The minimum Gasteiger partial charge on any atom is -0.507 e. The van der Waals surface area contributed by atoms with Gasteiger partial charge in [-0.25, -0.2) is 8.42 Å². The lowest BCUT2D eigenvalue weighted by Gasteiger charge is -2.10. The summed E-state index contributed by atoms with van der Waals surface area (Å²) in [7, 11) is -3.57. The van der Waals surface area contributed by atoms with E-state index in [2.05, 4.69) is 10.9 Å². The Hall–Kier alpha value is -3.36. The Morgan fingerprint density at radius 1 is 0.867 bits per heavy atom. The third-order valence-corrected chi connectivity index (χ3v) is 6.08. The molecular formula is C21H17ClN2O5S. The fraction of sp³-hybridized carbons (Fsp3) is 0.0476. The molecule has 0 heterocycles. The Balaban J connectivity index is 1.69. The molecule has 0 fully saturated rings. The van der Waals surface area contributed by atoms with Crippen molar-refractivity contribution in [3.05, 3.63) is 94.5 Å². The SMILES string of the molecule is O=C(NNC(=O)c1cc(Cl)ccc1O)c1cccc(CS(=O)(=O)c2ccccc2)c1. The molecule has 7 nitrogen and oxygen atoms in total. The van der Waals surface area contributed by atoms with Gasteiger partial charge in [-0.1, -0.05) is 41.9 Å². The molecule has 2 amide bonds. The summed E-state index contributed by atoms with van der Waals surface area (Å²) >= 11 is 5.81. The number of nitrogens with one attached hydrogen (secondary N) is 2. The minimum atomic E-state index is -3.57. The fourth-order valence-corrected chi connectivity index (χ4v) is 4.21. The zero-order chi connectivity index (χ0) is 21.7. The Bertz CT molecular complexity index is 1200. The quantitative estimate of drug-likeness (QED) is 0.523. The van der Waals surface area contributed by atoms with Gasteiger partial charge in [-0.2, -0.15) is 0 Å². The van der Waals surface area contributed by atoms with Gasteiger partial charge in [0.25, 0.3) is 11.8 Å². The van der Waals surface area contributed by atoms with Crippen LogP contribution in [0.15, 0.2) is 77.7 Å². The van der Waals surface area contributed by atoms with E-state index in [1.807, 2.05) is 0 Å². The molecule has 0 saturated carbocycles. The van der Waals surface area contributed by atoms with Gasteiger partial charge in [-0.3, -0.25) is 20.4 Å². The van der Waals surface area contributed by atoms with Crippen molar-refractivity contribution in [2.24, 2.45) is 0 Å². The van der Waals surface area contributed by atoms with Crippen LogP contribution in [0.5, 0.6) is 5.75 Å². The molecule has 0 aliphatic carbocycles. The van der Waals surface area contributed by atoms with E-state index in [1.54, 1.807) is 30.3 Å². The third-order valence-electron chi connectivity index (χ3n) is 4.14. The lowest BCUT2D eigenvalue weighted by atomic mass is 10.1. The van der Waals surface area contributed by atoms with Crippen molar-refractivity contribution in [1.29, 1.82) is 0 Å². The van der Waals surface area contributed by atoms with Gasteiger partial charge in [0, 0.05) is 10.6 Å². The molecule has 0 aromatic heterocycles.